The van der Waals surface area contributed by atoms with Crippen molar-refractivity contribution in [2.75, 3.05) is 5.32 Å². The summed E-state index contributed by atoms with van der Waals surface area (Å²) in [6, 6.07) is 7.46. The lowest BCUT2D eigenvalue weighted by atomic mass is 9.65. The molecule has 5 nitrogen and oxygen atoms in total. The van der Waals surface area contributed by atoms with E-state index in [1.165, 1.54) is 6.42 Å². The molecular weight excluding hydrogens is 314 g/mol. The third kappa shape index (κ3) is 4.21. The summed E-state index contributed by atoms with van der Waals surface area (Å²) in [5.41, 5.74) is 7.65. The van der Waals surface area contributed by atoms with Crippen molar-refractivity contribution in [2.45, 2.75) is 58.0 Å². The number of benzene rings is 1. The number of amides is 2. The number of carbonyl (C=O) groups is 2. The second kappa shape index (κ2) is 7.56. The maximum absolute atomic E-state index is 12.6. The number of anilines is 1. The predicted octanol–water partition coefficient (Wildman–Crippen LogP) is 2.92. The molecule has 5 heteroatoms. The summed E-state index contributed by atoms with van der Waals surface area (Å²) in [6.07, 6.45) is 5.36. The zero-order valence-electron chi connectivity index (χ0n) is 15.1. The van der Waals surface area contributed by atoms with Gasteiger partial charge in [0.1, 0.15) is 0 Å². The molecule has 0 spiro atoms. The van der Waals surface area contributed by atoms with Gasteiger partial charge in [0.05, 0.1) is 0 Å². The second-order valence-electron chi connectivity index (χ2n) is 7.89. The number of fused-ring (bicyclic) bond motifs is 2. The minimum absolute atomic E-state index is 0.0546. The van der Waals surface area contributed by atoms with E-state index in [9.17, 15) is 9.59 Å². The monoisotopic (exact) mass is 343 g/mol. The van der Waals surface area contributed by atoms with Gasteiger partial charge in [-0.05, 0) is 75.6 Å². The highest BCUT2D eigenvalue weighted by atomic mass is 16.2. The Bertz CT molecular complexity index is 612. The minimum atomic E-state index is -0.0954. The highest BCUT2D eigenvalue weighted by Crippen LogP contribution is 2.42. The molecule has 2 bridgehead atoms. The molecule has 2 aliphatic rings. The van der Waals surface area contributed by atoms with Gasteiger partial charge in [-0.3, -0.25) is 9.59 Å². The van der Waals surface area contributed by atoms with Crippen LogP contribution in [0.5, 0.6) is 0 Å². The van der Waals surface area contributed by atoms with Gasteiger partial charge in [0.25, 0.3) is 5.91 Å². The van der Waals surface area contributed by atoms with Crippen LogP contribution >= 0.6 is 0 Å². The molecular formula is C20H29N3O2. The molecule has 136 valence electrons. The first-order valence-corrected chi connectivity index (χ1v) is 9.41. The Labute approximate surface area is 149 Å². The average Bonchev–Trinajstić information content (AvgIpc) is 2.54. The van der Waals surface area contributed by atoms with Crippen LogP contribution in [0.2, 0.25) is 0 Å². The summed E-state index contributed by atoms with van der Waals surface area (Å²) < 4.78 is 0. The molecule has 2 atom stereocenters. The van der Waals surface area contributed by atoms with Crippen molar-refractivity contribution in [1.82, 2.24) is 5.32 Å². The fraction of sp³-hybridized carbons (Fsp3) is 0.600. The smallest absolute Gasteiger partial charge is 0.251 e. The summed E-state index contributed by atoms with van der Waals surface area (Å²) in [6.45, 7) is 3.86. The molecule has 0 heterocycles. The van der Waals surface area contributed by atoms with E-state index in [4.69, 9.17) is 5.73 Å². The van der Waals surface area contributed by atoms with Crippen LogP contribution in [0.1, 0.15) is 56.3 Å². The van der Waals surface area contributed by atoms with Crippen molar-refractivity contribution < 1.29 is 9.59 Å². The van der Waals surface area contributed by atoms with E-state index < -0.39 is 0 Å². The molecule has 0 radical (unpaired) electrons. The van der Waals surface area contributed by atoms with Gasteiger partial charge in [-0.2, -0.15) is 0 Å². The highest BCUT2D eigenvalue weighted by molar-refractivity contribution is 5.96. The normalized spacial score (nSPS) is 28.5. The van der Waals surface area contributed by atoms with Crippen molar-refractivity contribution in [2.24, 2.45) is 23.5 Å². The summed E-state index contributed by atoms with van der Waals surface area (Å²) in [4.78, 5) is 24.6. The van der Waals surface area contributed by atoms with E-state index in [0.29, 0.717) is 17.4 Å². The van der Waals surface area contributed by atoms with E-state index in [2.05, 4.69) is 10.6 Å². The van der Waals surface area contributed by atoms with E-state index in [1.807, 2.05) is 13.8 Å². The van der Waals surface area contributed by atoms with E-state index in [0.717, 1.165) is 31.4 Å². The Kier molecular flexibility index (Phi) is 5.42. The third-order valence-electron chi connectivity index (χ3n) is 5.62. The Morgan fingerprint density at radius 1 is 1.08 bits per heavy atom. The Balaban J connectivity index is 1.59. The van der Waals surface area contributed by atoms with Crippen molar-refractivity contribution in [3.63, 3.8) is 0 Å². The predicted molar refractivity (Wildman–Crippen MR) is 99.2 cm³/mol. The second-order valence-corrected chi connectivity index (χ2v) is 7.89. The van der Waals surface area contributed by atoms with Crippen LogP contribution in [0.25, 0.3) is 0 Å². The summed E-state index contributed by atoms with van der Waals surface area (Å²) in [7, 11) is 0. The number of nitrogens with one attached hydrogen (secondary N) is 2. The molecule has 0 aromatic heterocycles. The number of nitrogens with two attached hydrogens (primary N) is 1. The lowest BCUT2D eigenvalue weighted by Gasteiger charge is -2.43. The molecule has 1 aromatic carbocycles. The van der Waals surface area contributed by atoms with Crippen molar-refractivity contribution >= 4 is 17.5 Å². The van der Waals surface area contributed by atoms with Gasteiger partial charge >= 0.3 is 0 Å². The number of carbonyl (C=O) groups excluding carboxylic acids is 2. The summed E-state index contributed by atoms with van der Waals surface area (Å²) in [5.74, 6) is 1.03. The maximum Gasteiger partial charge on any atom is 0.251 e. The number of hydrogen-bond acceptors (Lipinski definition) is 3. The largest absolute Gasteiger partial charge is 0.350 e. The third-order valence-corrected chi connectivity index (χ3v) is 5.62. The van der Waals surface area contributed by atoms with Crippen LogP contribution in [-0.2, 0) is 4.79 Å². The molecule has 2 saturated carbocycles. The minimum Gasteiger partial charge on any atom is -0.350 e. The number of hydrogen-bond donors (Lipinski definition) is 3. The first kappa shape index (κ1) is 17.9. The molecule has 2 aliphatic carbocycles. The van der Waals surface area contributed by atoms with Gasteiger partial charge in [0.2, 0.25) is 5.91 Å². The molecule has 1 aromatic rings. The van der Waals surface area contributed by atoms with Crippen molar-refractivity contribution in [1.29, 1.82) is 0 Å². The molecule has 0 saturated heterocycles. The molecule has 0 aliphatic heterocycles. The van der Waals surface area contributed by atoms with E-state index in [1.54, 1.807) is 24.3 Å². The van der Waals surface area contributed by atoms with E-state index in [-0.39, 0.29) is 29.8 Å². The molecule has 2 amide bonds. The molecule has 4 N–H and O–H groups in total. The first-order chi connectivity index (χ1) is 11.9. The zero-order chi connectivity index (χ0) is 18.0. The van der Waals surface area contributed by atoms with Crippen LogP contribution < -0.4 is 16.4 Å². The van der Waals surface area contributed by atoms with Crippen LogP contribution in [0.3, 0.4) is 0 Å². The molecule has 25 heavy (non-hydrogen) atoms. The molecule has 2 unspecified atom stereocenters. The van der Waals surface area contributed by atoms with Crippen molar-refractivity contribution in [3.8, 4) is 0 Å². The fourth-order valence-corrected chi connectivity index (χ4v) is 4.30. The van der Waals surface area contributed by atoms with Gasteiger partial charge in [-0.15, -0.1) is 0 Å². The molecule has 2 fully saturated rings. The average molecular weight is 343 g/mol. The van der Waals surface area contributed by atoms with Crippen LogP contribution in [0.4, 0.5) is 5.69 Å². The lowest BCUT2D eigenvalue weighted by molar-refractivity contribution is -0.122. The standard InChI is InChI=1S/C20H29N3O2/c1-12(2)22-19(24)13-6-8-17(9-7-13)23-20(25)16-10-14-4-3-5-15(11-16)18(14)21/h6-9,12,14-16,18H,3-5,10-11,21H2,1-2H3,(H,22,24)(H,23,25). The Morgan fingerprint density at radius 3 is 2.24 bits per heavy atom. The van der Waals surface area contributed by atoms with Gasteiger partial charge in [-0.25, -0.2) is 0 Å². The maximum atomic E-state index is 12.6. The fourth-order valence-electron chi connectivity index (χ4n) is 4.30. The van der Waals surface area contributed by atoms with E-state index >= 15 is 0 Å². The van der Waals surface area contributed by atoms with Crippen molar-refractivity contribution in [3.05, 3.63) is 29.8 Å². The van der Waals surface area contributed by atoms with Gasteiger partial charge in [0, 0.05) is 29.3 Å². The zero-order valence-corrected chi connectivity index (χ0v) is 15.1. The summed E-state index contributed by atoms with van der Waals surface area (Å²) >= 11 is 0. The topological polar surface area (TPSA) is 84.2 Å². The molecule has 3 rings (SSSR count). The quantitative estimate of drug-likeness (QED) is 0.786. The SMILES string of the molecule is CC(C)NC(=O)c1ccc(NC(=O)C2CC3CCCC(C2)C3N)cc1. The Morgan fingerprint density at radius 2 is 1.68 bits per heavy atom. The van der Waals surface area contributed by atoms with Gasteiger partial charge in [0.15, 0.2) is 0 Å². The van der Waals surface area contributed by atoms with Gasteiger partial charge < -0.3 is 16.4 Å². The Hall–Kier alpha value is -1.88. The van der Waals surface area contributed by atoms with Crippen LogP contribution in [0, 0.1) is 17.8 Å². The lowest BCUT2D eigenvalue weighted by Crippen LogP contribution is -2.48. The number of rotatable bonds is 4. The van der Waals surface area contributed by atoms with Gasteiger partial charge in [-0.1, -0.05) is 6.42 Å². The highest BCUT2D eigenvalue weighted by Gasteiger charge is 2.40. The summed E-state index contributed by atoms with van der Waals surface area (Å²) in [5, 5.41) is 5.87. The van der Waals surface area contributed by atoms with Crippen LogP contribution in [-0.4, -0.2) is 23.9 Å². The van der Waals surface area contributed by atoms with Crippen LogP contribution in [0.15, 0.2) is 24.3 Å². The first-order valence-electron chi connectivity index (χ1n) is 9.41.